The summed E-state index contributed by atoms with van der Waals surface area (Å²) in [4.78, 5) is 0. The molecule has 0 unspecified atom stereocenters. The zero-order valence-corrected chi connectivity index (χ0v) is 13.2. The first-order valence-corrected chi connectivity index (χ1v) is 8.35. The molecule has 1 rings (SSSR count). The van der Waals surface area contributed by atoms with Crippen molar-refractivity contribution in [2.24, 2.45) is 0 Å². The molecule has 0 saturated heterocycles. The zero-order chi connectivity index (χ0) is 13.8. The largest absolute Gasteiger partial charge is 0.204 e. The molecule has 0 aliphatic heterocycles. The number of rotatable bonds is 11. The third kappa shape index (κ3) is 9.04. The second-order valence-corrected chi connectivity index (χ2v) is 5.88. The number of nitrogens with zero attached hydrogens (tertiary/aromatic N) is 1. The lowest BCUT2D eigenvalue weighted by molar-refractivity contribution is -0.697. The van der Waals surface area contributed by atoms with E-state index >= 15 is 0 Å². The minimum Gasteiger partial charge on any atom is -0.204 e. The summed E-state index contributed by atoms with van der Waals surface area (Å²) in [7, 11) is 0. The Morgan fingerprint density at radius 2 is 1.47 bits per heavy atom. The average molecular weight is 283 g/mol. The lowest BCUT2D eigenvalue weighted by atomic mass is 10.1. The van der Waals surface area contributed by atoms with Crippen molar-refractivity contribution >= 4 is 11.6 Å². The van der Waals surface area contributed by atoms with Gasteiger partial charge >= 0.3 is 0 Å². The quantitative estimate of drug-likeness (QED) is 0.370. The first-order valence-electron chi connectivity index (χ1n) is 7.97. The number of hydrogen-bond acceptors (Lipinski definition) is 0. The van der Waals surface area contributed by atoms with Crippen molar-refractivity contribution in [1.29, 1.82) is 0 Å². The zero-order valence-electron chi connectivity index (χ0n) is 12.4. The molecule has 0 atom stereocenters. The van der Waals surface area contributed by atoms with E-state index in [-0.39, 0.29) is 0 Å². The molecular formula is C17H29ClN+. The molecule has 0 bridgehead atoms. The van der Waals surface area contributed by atoms with Crippen LogP contribution < -0.4 is 4.57 Å². The second-order valence-electron chi connectivity index (χ2n) is 5.44. The van der Waals surface area contributed by atoms with E-state index in [2.05, 4.69) is 17.7 Å². The lowest BCUT2D eigenvalue weighted by Crippen LogP contribution is -2.32. The summed E-state index contributed by atoms with van der Waals surface area (Å²) in [6.45, 7) is 3.37. The summed E-state index contributed by atoms with van der Waals surface area (Å²) in [6.07, 6.45) is 18.0. The van der Waals surface area contributed by atoms with Crippen LogP contribution >= 0.6 is 11.6 Å². The predicted molar refractivity (Wildman–Crippen MR) is 83.5 cm³/mol. The van der Waals surface area contributed by atoms with E-state index < -0.39 is 0 Å². The first kappa shape index (κ1) is 16.5. The lowest BCUT2D eigenvalue weighted by Gasteiger charge is -2.01. The van der Waals surface area contributed by atoms with Crippen molar-refractivity contribution in [2.75, 3.05) is 0 Å². The van der Waals surface area contributed by atoms with Crippen LogP contribution in [0.5, 0.6) is 0 Å². The van der Waals surface area contributed by atoms with Crippen molar-refractivity contribution in [3.63, 3.8) is 0 Å². The van der Waals surface area contributed by atoms with Gasteiger partial charge < -0.3 is 0 Å². The highest BCUT2D eigenvalue weighted by molar-refractivity contribution is 6.30. The summed E-state index contributed by atoms with van der Waals surface area (Å²) in [5.41, 5.74) is 0. The Morgan fingerprint density at radius 1 is 0.895 bits per heavy atom. The molecule has 1 aromatic heterocycles. The summed E-state index contributed by atoms with van der Waals surface area (Å²) < 4.78 is 2.19. The number of hydrogen-bond donors (Lipinski definition) is 0. The Labute approximate surface area is 124 Å². The summed E-state index contributed by atoms with van der Waals surface area (Å²) >= 11 is 5.96. The van der Waals surface area contributed by atoms with Gasteiger partial charge in [-0.25, -0.2) is 4.57 Å². The number of halogens is 1. The van der Waals surface area contributed by atoms with Crippen LogP contribution in [0.1, 0.15) is 71.1 Å². The molecule has 1 heterocycles. The van der Waals surface area contributed by atoms with Gasteiger partial charge in [0.05, 0.1) is 0 Å². The van der Waals surface area contributed by atoms with E-state index in [4.69, 9.17) is 11.6 Å². The Hall–Kier alpha value is -0.560. The van der Waals surface area contributed by atoms with Crippen molar-refractivity contribution in [3.8, 4) is 0 Å². The SMILES string of the molecule is CCCCCCCCCCCC[n+]1cccc(Cl)c1. The van der Waals surface area contributed by atoms with Crippen LogP contribution in [0.3, 0.4) is 0 Å². The van der Waals surface area contributed by atoms with E-state index in [0.29, 0.717) is 0 Å². The van der Waals surface area contributed by atoms with E-state index in [1.165, 1.54) is 64.2 Å². The minimum absolute atomic E-state index is 0.828. The van der Waals surface area contributed by atoms with Crippen LogP contribution in [0.2, 0.25) is 5.02 Å². The van der Waals surface area contributed by atoms with Gasteiger partial charge in [0.15, 0.2) is 12.4 Å². The highest BCUT2D eigenvalue weighted by Crippen LogP contribution is 2.10. The molecule has 0 spiro atoms. The number of unbranched alkanes of at least 4 members (excludes halogenated alkanes) is 9. The van der Waals surface area contributed by atoms with Crippen LogP contribution in [0.15, 0.2) is 24.5 Å². The third-order valence-electron chi connectivity index (χ3n) is 3.59. The molecule has 0 saturated carbocycles. The maximum absolute atomic E-state index is 5.96. The van der Waals surface area contributed by atoms with E-state index in [9.17, 15) is 0 Å². The summed E-state index contributed by atoms with van der Waals surface area (Å²) in [5, 5.41) is 0.828. The third-order valence-corrected chi connectivity index (χ3v) is 3.82. The highest BCUT2D eigenvalue weighted by Gasteiger charge is 2.00. The molecular weight excluding hydrogens is 254 g/mol. The van der Waals surface area contributed by atoms with Gasteiger partial charge in [0.1, 0.15) is 11.6 Å². The van der Waals surface area contributed by atoms with E-state index in [1.54, 1.807) is 0 Å². The van der Waals surface area contributed by atoms with Gasteiger partial charge in [0.2, 0.25) is 0 Å². The monoisotopic (exact) mass is 282 g/mol. The van der Waals surface area contributed by atoms with Crippen LogP contribution in [0.25, 0.3) is 0 Å². The van der Waals surface area contributed by atoms with E-state index in [1.807, 2.05) is 18.3 Å². The number of aryl methyl sites for hydroxylation is 1. The molecule has 1 aromatic rings. The smallest absolute Gasteiger partial charge is 0.187 e. The summed E-state index contributed by atoms with van der Waals surface area (Å²) in [6, 6.07) is 3.94. The molecule has 1 nitrogen and oxygen atoms in total. The average Bonchev–Trinajstić information content (AvgIpc) is 2.41. The van der Waals surface area contributed by atoms with Gasteiger partial charge in [-0.1, -0.05) is 69.9 Å². The van der Waals surface area contributed by atoms with Gasteiger partial charge in [-0.2, -0.15) is 0 Å². The molecule has 0 amide bonds. The minimum atomic E-state index is 0.828. The first-order chi connectivity index (χ1) is 9.33. The van der Waals surface area contributed by atoms with Gasteiger partial charge in [-0.05, 0) is 12.5 Å². The summed E-state index contributed by atoms with van der Waals surface area (Å²) in [5.74, 6) is 0. The molecule has 0 aliphatic rings. The molecule has 2 heteroatoms. The Kier molecular flexibility index (Phi) is 9.79. The molecule has 0 fully saturated rings. The van der Waals surface area contributed by atoms with Crippen molar-refractivity contribution in [2.45, 2.75) is 77.7 Å². The molecule has 0 N–H and O–H groups in total. The van der Waals surface area contributed by atoms with Crippen LogP contribution in [-0.4, -0.2) is 0 Å². The molecule has 0 aromatic carbocycles. The van der Waals surface area contributed by atoms with Gasteiger partial charge in [-0.15, -0.1) is 0 Å². The van der Waals surface area contributed by atoms with Crippen LogP contribution in [-0.2, 0) is 6.54 Å². The topological polar surface area (TPSA) is 3.88 Å². The van der Waals surface area contributed by atoms with Crippen LogP contribution in [0, 0.1) is 0 Å². The maximum atomic E-state index is 5.96. The number of aromatic nitrogens is 1. The number of pyridine rings is 1. The fourth-order valence-electron chi connectivity index (χ4n) is 2.41. The standard InChI is InChI=1S/C17H29ClN/c1-2-3-4-5-6-7-8-9-10-11-14-19-15-12-13-17(18)16-19/h12-13,15-16H,2-11,14H2,1H3/q+1. The molecule has 19 heavy (non-hydrogen) atoms. The molecule has 108 valence electrons. The maximum Gasteiger partial charge on any atom is 0.187 e. The molecule has 0 aliphatic carbocycles. The van der Waals surface area contributed by atoms with Crippen molar-refractivity contribution in [3.05, 3.63) is 29.5 Å². The van der Waals surface area contributed by atoms with E-state index in [0.717, 1.165) is 11.6 Å². The Bertz CT molecular complexity index is 325. The Morgan fingerprint density at radius 3 is 2.05 bits per heavy atom. The fraction of sp³-hybridized carbons (Fsp3) is 0.706. The fourth-order valence-corrected chi connectivity index (χ4v) is 2.61. The second kappa shape index (κ2) is 11.3. The van der Waals surface area contributed by atoms with Gasteiger partial charge in [0, 0.05) is 12.5 Å². The van der Waals surface area contributed by atoms with Crippen LogP contribution in [0.4, 0.5) is 0 Å². The van der Waals surface area contributed by atoms with Gasteiger partial charge in [-0.3, -0.25) is 0 Å². The van der Waals surface area contributed by atoms with Gasteiger partial charge in [0.25, 0.3) is 0 Å². The van der Waals surface area contributed by atoms with Crippen molar-refractivity contribution in [1.82, 2.24) is 0 Å². The van der Waals surface area contributed by atoms with Crippen molar-refractivity contribution < 1.29 is 4.57 Å². The normalized spacial score (nSPS) is 10.8. The highest BCUT2D eigenvalue weighted by atomic mass is 35.5. The predicted octanol–water partition coefficient (Wildman–Crippen LogP) is 5.55. The Balaban J connectivity index is 1.89. The molecule has 0 radical (unpaired) electrons.